The summed E-state index contributed by atoms with van der Waals surface area (Å²) in [6.45, 7) is 7.77. The van der Waals surface area contributed by atoms with E-state index in [1.165, 1.54) is 22.3 Å². The van der Waals surface area contributed by atoms with Crippen LogP contribution in [0, 0.1) is 0 Å². The first-order valence-electron chi connectivity index (χ1n) is 9.26. The molecule has 0 aliphatic heterocycles. The predicted octanol–water partition coefficient (Wildman–Crippen LogP) is 2.43. The van der Waals surface area contributed by atoms with Crippen LogP contribution >= 0.6 is 0 Å². The lowest BCUT2D eigenvalue weighted by atomic mass is 10.1. The van der Waals surface area contributed by atoms with Gasteiger partial charge in [0.1, 0.15) is 5.56 Å². The second-order valence-corrected chi connectivity index (χ2v) is 6.41. The number of nitrogens with zero attached hydrogens (tertiary/aromatic N) is 3. The van der Waals surface area contributed by atoms with E-state index in [1.54, 1.807) is 6.92 Å². The van der Waals surface area contributed by atoms with Crippen molar-refractivity contribution < 1.29 is 9.53 Å². The zero-order chi connectivity index (χ0) is 19.9. The number of esters is 1. The van der Waals surface area contributed by atoms with Crippen molar-refractivity contribution in [2.75, 3.05) is 19.7 Å². The fourth-order valence-electron chi connectivity index (χ4n) is 3.05. The van der Waals surface area contributed by atoms with Crippen molar-refractivity contribution in [1.29, 1.82) is 0 Å². The Kier molecular flexibility index (Phi) is 6.39. The molecule has 1 N–H and O–H groups in total. The number of nitrogens with one attached hydrogen (secondary N) is 1. The first-order valence-corrected chi connectivity index (χ1v) is 9.26. The zero-order valence-electron chi connectivity index (χ0n) is 15.9. The van der Waals surface area contributed by atoms with Crippen LogP contribution in [0.15, 0.2) is 60.0 Å². The standard InChI is InChI=1S/C21H24N4O3/c1-3-11-24(12-10-16-8-6-5-7-9-16)15-17-13-19(26)25-20(23-17)18(14-22-25)21(27)28-4-2/h3,5-9,13-14,22H,1,4,10-12,15H2,2H3. The van der Waals surface area contributed by atoms with Gasteiger partial charge in [0.2, 0.25) is 0 Å². The van der Waals surface area contributed by atoms with Crippen LogP contribution in [0.3, 0.4) is 0 Å². The summed E-state index contributed by atoms with van der Waals surface area (Å²) in [7, 11) is 0. The van der Waals surface area contributed by atoms with Crippen molar-refractivity contribution >= 4 is 11.6 Å². The van der Waals surface area contributed by atoms with Crippen molar-refractivity contribution in [3.8, 4) is 0 Å². The van der Waals surface area contributed by atoms with Crippen LogP contribution in [-0.2, 0) is 17.7 Å². The minimum absolute atomic E-state index is 0.250. The average Bonchev–Trinajstić information content (AvgIpc) is 3.12. The lowest BCUT2D eigenvalue weighted by Gasteiger charge is -2.20. The summed E-state index contributed by atoms with van der Waals surface area (Å²) in [6.07, 6.45) is 4.16. The van der Waals surface area contributed by atoms with Crippen LogP contribution in [0.1, 0.15) is 28.5 Å². The van der Waals surface area contributed by atoms with E-state index in [0.29, 0.717) is 18.8 Å². The minimum Gasteiger partial charge on any atom is -0.462 e. The molecule has 0 bridgehead atoms. The van der Waals surface area contributed by atoms with Gasteiger partial charge in [-0.1, -0.05) is 36.4 Å². The quantitative estimate of drug-likeness (QED) is 0.456. The van der Waals surface area contributed by atoms with E-state index >= 15 is 0 Å². The van der Waals surface area contributed by atoms with Gasteiger partial charge in [-0.15, -0.1) is 6.58 Å². The van der Waals surface area contributed by atoms with Crippen molar-refractivity contribution in [2.45, 2.75) is 19.9 Å². The van der Waals surface area contributed by atoms with Gasteiger partial charge in [-0.05, 0) is 18.9 Å². The van der Waals surface area contributed by atoms with E-state index in [4.69, 9.17) is 4.74 Å². The van der Waals surface area contributed by atoms with Crippen LogP contribution in [-0.4, -0.2) is 45.2 Å². The molecular weight excluding hydrogens is 356 g/mol. The highest BCUT2D eigenvalue weighted by atomic mass is 16.5. The summed E-state index contributed by atoms with van der Waals surface area (Å²) in [5.41, 5.74) is 2.11. The Morgan fingerprint density at radius 3 is 2.86 bits per heavy atom. The number of aromatic nitrogens is 3. The molecule has 2 heterocycles. The lowest BCUT2D eigenvalue weighted by molar-refractivity contribution is 0.0528. The molecule has 7 nitrogen and oxygen atoms in total. The molecule has 0 aliphatic carbocycles. The van der Waals surface area contributed by atoms with Gasteiger partial charge >= 0.3 is 5.97 Å². The Hall–Kier alpha value is -3.19. The first-order chi connectivity index (χ1) is 13.6. The number of carbonyl (C=O) groups is 1. The number of rotatable bonds is 9. The number of hydrogen-bond donors (Lipinski definition) is 1. The smallest absolute Gasteiger partial charge is 0.343 e. The van der Waals surface area contributed by atoms with Crippen LogP contribution in [0.25, 0.3) is 5.65 Å². The Bertz CT molecular complexity index is 1010. The lowest BCUT2D eigenvalue weighted by Crippen LogP contribution is -2.28. The third-order valence-electron chi connectivity index (χ3n) is 4.38. The van der Waals surface area contributed by atoms with Gasteiger partial charge in [0.05, 0.1) is 12.3 Å². The summed E-state index contributed by atoms with van der Waals surface area (Å²) in [6, 6.07) is 11.7. The summed E-state index contributed by atoms with van der Waals surface area (Å²) in [5, 5.41) is 2.76. The number of H-pyrrole nitrogens is 1. The van der Waals surface area contributed by atoms with E-state index in [-0.39, 0.29) is 23.4 Å². The van der Waals surface area contributed by atoms with Gasteiger partial charge in [-0.25, -0.2) is 14.3 Å². The Balaban J connectivity index is 1.82. The van der Waals surface area contributed by atoms with Crippen LogP contribution < -0.4 is 5.56 Å². The molecule has 0 atom stereocenters. The fourth-order valence-corrected chi connectivity index (χ4v) is 3.05. The molecule has 3 rings (SSSR count). The summed E-state index contributed by atoms with van der Waals surface area (Å²) in [5.74, 6) is -0.502. The first kappa shape index (κ1) is 19.6. The highest BCUT2D eigenvalue weighted by Crippen LogP contribution is 2.10. The van der Waals surface area contributed by atoms with Crippen LogP contribution in [0.4, 0.5) is 0 Å². The second kappa shape index (κ2) is 9.14. The number of hydrogen-bond acceptors (Lipinski definition) is 5. The molecule has 1 aromatic carbocycles. The molecule has 146 valence electrons. The largest absolute Gasteiger partial charge is 0.462 e. The van der Waals surface area contributed by atoms with E-state index in [1.807, 2.05) is 24.3 Å². The van der Waals surface area contributed by atoms with E-state index < -0.39 is 5.97 Å². The molecule has 0 unspecified atom stereocenters. The predicted molar refractivity (Wildman–Crippen MR) is 107 cm³/mol. The number of aromatic amines is 1. The second-order valence-electron chi connectivity index (χ2n) is 6.41. The Morgan fingerprint density at radius 2 is 2.14 bits per heavy atom. The maximum absolute atomic E-state index is 12.4. The summed E-state index contributed by atoms with van der Waals surface area (Å²) in [4.78, 5) is 31.2. The maximum atomic E-state index is 12.4. The monoisotopic (exact) mass is 380 g/mol. The van der Waals surface area contributed by atoms with E-state index in [9.17, 15) is 9.59 Å². The molecule has 0 spiro atoms. The average molecular weight is 380 g/mol. The van der Waals surface area contributed by atoms with Crippen molar-refractivity contribution in [3.63, 3.8) is 0 Å². The van der Waals surface area contributed by atoms with Gasteiger partial charge in [0.25, 0.3) is 5.56 Å². The molecule has 3 aromatic rings. The molecule has 28 heavy (non-hydrogen) atoms. The van der Waals surface area contributed by atoms with Crippen molar-refractivity contribution in [2.24, 2.45) is 0 Å². The van der Waals surface area contributed by atoms with Gasteiger partial charge in [-0.3, -0.25) is 14.8 Å². The Morgan fingerprint density at radius 1 is 1.36 bits per heavy atom. The van der Waals surface area contributed by atoms with Crippen LogP contribution in [0.2, 0.25) is 0 Å². The molecule has 2 aromatic heterocycles. The highest BCUT2D eigenvalue weighted by molar-refractivity contribution is 5.95. The zero-order valence-corrected chi connectivity index (χ0v) is 15.9. The summed E-state index contributed by atoms with van der Waals surface area (Å²) < 4.78 is 6.29. The van der Waals surface area contributed by atoms with Crippen LogP contribution in [0.5, 0.6) is 0 Å². The molecule has 0 aliphatic rings. The summed E-state index contributed by atoms with van der Waals surface area (Å²) >= 11 is 0. The van der Waals surface area contributed by atoms with Gasteiger partial charge in [-0.2, -0.15) is 0 Å². The number of ether oxygens (including phenoxy) is 1. The fraction of sp³-hybridized carbons (Fsp3) is 0.286. The number of benzene rings is 1. The highest BCUT2D eigenvalue weighted by Gasteiger charge is 2.17. The van der Waals surface area contributed by atoms with Gasteiger partial charge < -0.3 is 4.74 Å². The minimum atomic E-state index is -0.502. The number of carbonyl (C=O) groups excluding carboxylic acids is 1. The van der Waals surface area contributed by atoms with E-state index in [0.717, 1.165) is 13.0 Å². The third kappa shape index (κ3) is 4.55. The molecule has 0 fully saturated rings. The molecule has 0 amide bonds. The molecule has 7 heteroatoms. The Labute approximate surface area is 163 Å². The normalized spacial score (nSPS) is 11.1. The SMILES string of the molecule is C=CCN(CCc1ccccc1)Cc1cc(=O)n2[nH]cc(C(=O)OCC)c2n1. The number of fused-ring (bicyclic) bond motifs is 1. The third-order valence-corrected chi connectivity index (χ3v) is 4.38. The van der Waals surface area contributed by atoms with Gasteiger partial charge in [0, 0.05) is 31.9 Å². The molecule has 0 saturated carbocycles. The molecule has 0 saturated heterocycles. The van der Waals surface area contributed by atoms with Crippen molar-refractivity contribution in [1.82, 2.24) is 19.5 Å². The van der Waals surface area contributed by atoms with E-state index in [2.05, 4.69) is 33.7 Å². The van der Waals surface area contributed by atoms with Gasteiger partial charge in [0.15, 0.2) is 5.65 Å². The molecule has 0 radical (unpaired) electrons. The topological polar surface area (TPSA) is 79.7 Å². The molecular formula is C21H24N4O3. The van der Waals surface area contributed by atoms with Crippen molar-refractivity contribution in [3.05, 3.63) is 82.4 Å². The maximum Gasteiger partial charge on any atom is 0.343 e.